The van der Waals surface area contributed by atoms with E-state index < -0.39 is 17.6 Å². The Hall–Kier alpha value is -2.34. The van der Waals surface area contributed by atoms with Gasteiger partial charge < -0.3 is 5.32 Å². The minimum absolute atomic E-state index is 0.0581. The maximum atomic E-state index is 12.7. The summed E-state index contributed by atoms with van der Waals surface area (Å²) in [5.41, 5.74) is 0.592. The van der Waals surface area contributed by atoms with Crippen molar-refractivity contribution < 1.29 is 18.0 Å². The Kier molecular flexibility index (Phi) is 3.41. The van der Waals surface area contributed by atoms with E-state index >= 15 is 0 Å². The number of pyridine rings is 1. The number of alkyl halides is 3. The molecule has 0 saturated heterocycles. The first-order valence-corrected chi connectivity index (χ1v) is 6.58. The smallest absolute Gasteiger partial charge is 0.321 e. The minimum Gasteiger partial charge on any atom is -0.321 e. The lowest BCUT2D eigenvalue weighted by Gasteiger charge is -2.06. The van der Waals surface area contributed by atoms with Crippen LogP contribution in [0.2, 0.25) is 5.02 Å². The van der Waals surface area contributed by atoms with Gasteiger partial charge in [-0.2, -0.15) is 13.2 Å². The fourth-order valence-electron chi connectivity index (χ4n) is 2.16. The van der Waals surface area contributed by atoms with E-state index in [1.165, 1.54) is 6.08 Å². The van der Waals surface area contributed by atoms with Gasteiger partial charge in [0.2, 0.25) is 0 Å². The molecule has 7 heteroatoms. The van der Waals surface area contributed by atoms with Crippen LogP contribution in [-0.4, -0.2) is 10.9 Å². The largest absolute Gasteiger partial charge is 0.416 e. The average Bonchev–Trinajstić information content (AvgIpc) is 2.74. The second-order valence-corrected chi connectivity index (χ2v) is 5.11. The second-order valence-electron chi connectivity index (χ2n) is 4.67. The number of carbonyl (C=O) groups is 1. The Bertz CT molecular complexity index is 800. The van der Waals surface area contributed by atoms with Crippen LogP contribution in [0, 0.1) is 0 Å². The van der Waals surface area contributed by atoms with Crippen molar-refractivity contribution in [2.24, 2.45) is 0 Å². The first-order valence-electron chi connectivity index (χ1n) is 6.21. The van der Waals surface area contributed by atoms with Gasteiger partial charge in [-0.15, -0.1) is 0 Å². The molecule has 0 unspecified atom stereocenters. The van der Waals surface area contributed by atoms with E-state index in [-0.39, 0.29) is 11.3 Å². The van der Waals surface area contributed by atoms with Crippen LogP contribution in [0.25, 0.3) is 11.6 Å². The number of aromatic nitrogens is 1. The van der Waals surface area contributed by atoms with Crippen LogP contribution in [0.1, 0.15) is 16.8 Å². The summed E-state index contributed by atoms with van der Waals surface area (Å²) in [5.74, 6) is -0.406. The number of fused-ring (bicyclic) bond motifs is 1. The maximum absolute atomic E-state index is 12.7. The van der Waals surface area contributed by atoms with Crippen LogP contribution in [0.15, 0.2) is 36.5 Å². The normalized spacial score (nSPS) is 15.8. The second kappa shape index (κ2) is 5.14. The topological polar surface area (TPSA) is 42.0 Å². The van der Waals surface area contributed by atoms with Gasteiger partial charge in [0, 0.05) is 16.8 Å². The summed E-state index contributed by atoms with van der Waals surface area (Å²) in [6, 6.07) is 6.59. The predicted molar refractivity (Wildman–Crippen MR) is 77.2 cm³/mol. The third kappa shape index (κ3) is 2.69. The van der Waals surface area contributed by atoms with Crippen LogP contribution in [0.3, 0.4) is 0 Å². The first kappa shape index (κ1) is 14.6. The molecule has 0 spiro atoms. The van der Waals surface area contributed by atoms with Crippen molar-refractivity contribution in [2.45, 2.75) is 6.18 Å². The van der Waals surface area contributed by atoms with Gasteiger partial charge in [0.05, 0.1) is 22.5 Å². The van der Waals surface area contributed by atoms with Crippen molar-refractivity contribution in [2.75, 3.05) is 5.32 Å². The lowest BCUT2D eigenvalue weighted by molar-refractivity contribution is -0.137. The van der Waals surface area contributed by atoms with Crippen LogP contribution < -0.4 is 5.32 Å². The van der Waals surface area contributed by atoms with E-state index in [2.05, 4.69) is 10.3 Å². The van der Waals surface area contributed by atoms with Crippen molar-refractivity contribution in [3.05, 3.63) is 58.4 Å². The minimum atomic E-state index is -4.46. The quantitative estimate of drug-likeness (QED) is 0.797. The monoisotopic (exact) mass is 324 g/mol. The number of halogens is 4. The van der Waals surface area contributed by atoms with E-state index in [0.717, 1.165) is 18.3 Å². The van der Waals surface area contributed by atoms with Gasteiger partial charge in [-0.1, -0.05) is 17.7 Å². The van der Waals surface area contributed by atoms with Gasteiger partial charge >= 0.3 is 6.18 Å². The zero-order chi connectivity index (χ0) is 15.9. The number of anilines is 1. The zero-order valence-electron chi connectivity index (χ0n) is 10.9. The molecule has 1 amide bonds. The van der Waals surface area contributed by atoms with E-state index in [4.69, 9.17) is 11.6 Å². The van der Waals surface area contributed by atoms with Gasteiger partial charge in [0.1, 0.15) is 0 Å². The van der Waals surface area contributed by atoms with Gasteiger partial charge in [-0.3, -0.25) is 9.78 Å². The SMILES string of the molecule is O=C1Nc2cc(Cl)ccc2C1=Cc1cc(C(F)(F)F)ccn1. The zero-order valence-corrected chi connectivity index (χ0v) is 11.7. The van der Waals surface area contributed by atoms with Crippen molar-refractivity contribution in [3.8, 4) is 0 Å². The van der Waals surface area contributed by atoms with Crippen LogP contribution in [-0.2, 0) is 11.0 Å². The van der Waals surface area contributed by atoms with Gasteiger partial charge in [0.15, 0.2) is 0 Å². The number of amides is 1. The van der Waals surface area contributed by atoms with Crippen LogP contribution in [0.4, 0.5) is 18.9 Å². The number of carbonyl (C=O) groups excluding carboxylic acids is 1. The van der Waals surface area contributed by atoms with E-state index in [0.29, 0.717) is 16.3 Å². The fraction of sp³-hybridized carbons (Fsp3) is 0.0667. The number of nitrogens with zero attached hydrogens (tertiary/aromatic N) is 1. The van der Waals surface area contributed by atoms with Crippen molar-refractivity contribution in [1.29, 1.82) is 0 Å². The highest BCUT2D eigenvalue weighted by atomic mass is 35.5. The summed E-state index contributed by atoms with van der Waals surface area (Å²) < 4.78 is 38.1. The molecule has 22 heavy (non-hydrogen) atoms. The third-order valence-electron chi connectivity index (χ3n) is 3.17. The standard InChI is InChI=1S/C15H8ClF3N2O/c16-9-1-2-11-12(14(22)21-13(11)6-9)7-10-5-8(3-4-20-10)15(17,18)19/h1-7H,(H,21,22). The third-order valence-corrected chi connectivity index (χ3v) is 3.40. The molecule has 1 N–H and O–H groups in total. The van der Waals surface area contributed by atoms with E-state index in [1.807, 2.05) is 0 Å². The maximum Gasteiger partial charge on any atom is 0.416 e. The molecule has 0 fully saturated rings. The Balaban J connectivity index is 2.05. The molecule has 0 bridgehead atoms. The van der Waals surface area contributed by atoms with E-state index in [1.54, 1.807) is 18.2 Å². The Labute approximate surface area is 128 Å². The summed E-state index contributed by atoms with van der Waals surface area (Å²) in [6.45, 7) is 0. The predicted octanol–water partition coefficient (Wildman–Crippen LogP) is 4.25. The van der Waals surface area contributed by atoms with E-state index in [9.17, 15) is 18.0 Å². The molecule has 3 rings (SSSR count). The molecule has 0 radical (unpaired) electrons. The van der Waals surface area contributed by atoms with Crippen molar-refractivity contribution in [3.63, 3.8) is 0 Å². The number of hydrogen-bond donors (Lipinski definition) is 1. The molecule has 1 aromatic heterocycles. The lowest BCUT2D eigenvalue weighted by Crippen LogP contribution is -2.06. The van der Waals surface area contributed by atoms with Gasteiger partial charge in [0.25, 0.3) is 5.91 Å². The van der Waals surface area contributed by atoms with Crippen LogP contribution >= 0.6 is 11.6 Å². The number of nitrogens with one attached hydrogen (secondary N) is 1. The lowest BCUT2D eigenvalue weighted by atomic mass is 10.1. The van der Waals surface area contributed by atoms with Gasteiger partial charge in [-0.05, 0) is 30.3 Å². The highest BCUT2D eigenvalue weighted by Crippen LogP contribution is 2.35. The molecule has 0 atom stereocenters. The Morgan fingerprint density at radius 2 is 1.95 bits per heavy atom. The highest BCUT2D eigenvalue weighted by molar-refractivity contribution is 6.36. The molecular weight excluding hydrogens is 317 g/mol. The van der Waals surface area contributed by atoms with Crippen molar-refractivity contribution in [1.82, 2.24) is 4.98 Å². The summed E-state index contributed by atoms with van der Waals surface area (Å²) >= 11 is 5.84. The molecule has 2 aromatic rings. The summed E-state index contributed by atoms with van der Waals surface area (Å²) in [5, 5.41) is 3.07. The fourth-order valence-corrected chi connectivity index (χ4v) is 2.33. The summed E-state index contributed by atoms with van der Waals surface area (Å²) in [6.07, 6.45) is -2.07. The summed E-state index contributed by atoms with van der Waals surface area (Å²) in [4.78, 5) is 15.8. The Morgan fingerprint density at radius 3 is 2.68 bits per heavy atom. The molecule has 1 aliphatic rings. The number of benzene rings is 1. The van der Waals surface area contributed by atoms with Crippen LogP contribution in [0.5, 0.6) is 0 Å². The van der Waals surface area contributed by atoms with Gasteiger partial charge in [-0.25, -0.2) is 0 Å². The number of hydrogen-bond acceptors (Lipinski definition) is 2. The first-order chi connectivity index (χ1) is 10.3. The molecule has 3 nitrogen and oxygen atoms in total. The van der Waals surface area contributed by atoms with Crippen molar-refractivity contribution >= 4 is 34.8 Å². The molecule has 1 aromatic carbocycles. The average molecular weight is 325 g/mol. The highest BCUT2D eigenvalue weighted by Gasteiger charge is 2.31. The molecule has 0 saturated carbocycles. The Morgan fingerprint density at radius 1 is 1.18 bits per heavy atom. The number of rotatable bonds is 1. The summed E-state index contributed by atoms with van der Waals surface area (Å²) in [7, 11) is 0. The molecule has 2 heterocycles. The molecule has 1 aliphatic heterocycles. The molecule has 0 aliphatic carbocycles. The molecule has 112 valence electrons. The molecular formula is C15H8ClF3N2O.